The first-order chi connectivity index (χ1) is 16.3. The Bertz CT molecular complexity index is 1260. The molecule has 0 unspecified atom stereocenters. The maximum Gasteiger partial charge on any atom is 0.294 e. The lowest BCUT2D eigenvalue weighted by Crippen LogP contribution is -2.36. The monoisotopic (exact) mass is 484 g/mol. The largest absolute Gasteiger partial charge is 0.378 e. The molecule has 2 aliphatic rings. The third-order valence-electron chi connectivity index (χ3n) is 5.59. The predicted molar refractivity (Wildman–Crippen MR) is 128 cm³/mol. The molecule has 10 nitrogen and oxygen atoms in total. The third-order valence-corrected chi connectivity index (χ3v) is 6.46. The minimum absolute atomic E-state index is 0.0512. The molecule has 1 aliphatic carbocycles. The fourth-order valence-electron chi connectivity index (χ4n) is 3.99. The van der Waals surface area contributed by atoms with Crippen molar-refractivity contribution in [1.29, 1.82) is 0 Å². The molecule has 2 aromatic rings. The molecule has 0 spiro atoms. The van der Waals surface area contributed by atoms with E-state index in [2.05, 4.69) is 15.4 Å². The highest BCUT2D eigenvalue weighted by atomic mass is 32.2. The van der Waals surface area contributed by atoms with Crippen LogP contribution in [0.25, 0.3) is 6.08 Å². The lowest BCUT2D eigenvalue weighted by Gasteiger charge is -2.31. The van der Waals surface area contributed by atoms with Gasteiger partial charge in [0.05, 0.1) is 34.9 Å². The number of morpholine rings is 1. The Morgan fingerprint density at radius 2 is 1.85 bits per heavy atom. The van der Waals surface area contributed by atoms with Crippen molar-refractivity contribution in [3.63, 3.8) is 0 Å². The van der Waals surface area contributed by atoms with Crippen LogP contribution >= 0.6 is 0 Å². The Kier molecular flexibility index (Phi) is 7.06. The summed E-state index contributed by atoms with van der Waals surface area (Å²) in [7, 11) is -4.25. The Hall–Kier alpha value is -3.54. The van der Waals surface area contributed by atoms with Crippen LogP contribution in [0.3, 0.4) is 0 Å². The Morgan fingerprint density at radius 3 is 2.53 bits per heavy atom. The average molecular weight is 485 g/mol. The van der Waals surface area contributed by atoms with Gasteiger partial charge in [-0.15, -0.1) is 0 Å². The standard InChI is InChI=1S/C23H24N4O6S/c28-27(29)21-3-1-2-17(15-21)14-18-4-5-19(23(18)26-10-12-33-13-11-26)16-24-25-20-6-8-22(9-7-20)34(30,31)32/h1-3,6-9,14-16,25H,4-5,10-13H2,(H,30,31,32). The SMILES string of the molecule is O=[N+]([O-])c1cccc(C=C2CCC(C=NNc3ccc(S(=O)(=O)O)cc3)=C2N2CCOCC2)c1. The third kappa shape index (κ3) is 5.68. The van der Waals surface area contributed by atoms with Gasteiger partial charge < -0.3 is 9.64 Å². The van der Waals surface area contributed by atoms with Gasteiger partial charge in [0.1, 0.15) is 0 Å². The average Bonchev–Trinajstić information content (AvgIpc) is 3.21. The highest BCUT2D eigenvalue weighted by molar-refractivity contribution is 7.85. The zero-order valence-corrected chi connectivity index (χ0v) is 19.1. The number of allylic oxidation sites excluding steroid dienone is 2. The fraction of sp³-hybridized carbons (Fsp3) is 0.261. The van der Waals surface area contributed by atoms with Crippen LogP contribution in [0.5, 0.6) is 0 Å². The molecule has 1 heterocycles. The molecule has 1 aliphatic heterocycles. The molecule has 0 atom stereocenters. The van der Waals surface area contributed by atoms with E-state index >= 15 is 0 Å². The second kappa shape index (κ2) is 10.2. The van der Waals surface area contributed by atoms with Crippen molar-refractivity contribution in [2.24, 2.45) is 5.10 Å². The molecule has 1 saturated heterocycles. The first-order valence-corrected chi connectivity index (χ1v) is 12.1. The molecule has 0 amide bonds. The van der Waals surface area contributed by atoms with Crippen LogP contribution in [0.1, 0.15) is 18.4 Å². The van der Waals surface area contributed by atoms with Gasteiger partial charge in [-0.3, -0.25) is 20.1 Å². The number of nitro benzene ring substituents is 1. The number of rotatable bonds is 7. The van der Waals surface area contributed by atoms with E-state index in [0.29, 0.717) is 18.9 Å². The van der Waals surface area contributed by atoms with Crippen LogP contribution in [0.2, 0.25) is 0 Å². The molecule has 1 fully saturated rings. The first kappa shape index (κ1) is 23.6. The van der Waals surface area contributed by atoms with Crippen LogP contribution in [-0.2, 0) is 14.9 Å². The Balaban J connectivity index is 1.59. The van der Waals surface area contributed by atoms with Crippen LogP contribution < -0.4 is 5.43 Å². The molecule has 4 rings (SSSR count). The molecule has 11 heteroatoms. The van der Waals surface area contributed by atoms with Gasteiger partial charge in [-0.25, -0.2) is 0 Å². The summed E-state index contributed by atoms with van der Waals surface area (Å²) in [5.41, 5.74) is 7.44. The van der Waals surface area contributed by atoms with E-state index in [1.54, 1.807) is 18.3 Å². The minimum atomic E-state index is -4.25. The van der Waals surface area contributed by atoms with Crippen molar-refractivity contribution in [1.82, 2.24) is 4.90 Å². The van der Waals surface area contributed by atoms with Crippen molar-refractivity contribution < 1.29 is 22.6 Å². The summed E-state index contributed by atoms with van der Waals surface area (Å²) in [5.74, 6) is 0. The molecular weight excluding hydrogens is 460 g/mol. The van der Waals surface area contributed by atoms with Crippen LogP contribution in [-0.4, -0.2) is 55.3 Å². The summed E-state index contributed by atoms with van der Waals surface area (Å²) >= 11 is 0. The lowest BCUT2D eigenvalue weighted by atomic mass is 10.1. The van der Waals surface area contributed by atoms with Gasteiger partial charge in [-0.1, -0.05) is 12.1 Å². The molecule has 34 heavy (non-hydrogen) atoms. The quantitative estimate of drug-likeness (QED) is 0.263. The number of hydrogen-bond donors (Lipinski definition) is 2. The number of anilines is 1. The van der Waals surface area contributed by atoms with Gasteiger partial charge in [0.25, 0.3) is 15.8 Å². The van der Waals surface area contributed by atoms with Gasteiger partial charge in [-0.05, 0) is 59.9 Å². The number of nitro groups is 1. The molecule has 0 saturated carbocycles. The summed E-state index contributed by atoms with van der Waals surface area (Å²) in [4.78, 5) is 12.8. The van der Waals surface area contributed by atoms with Gasteiger partial charge in [0, 0.05) is 30.9 Å². The molecule has 178 valence electrons. The predicted octanol–water partition coefficient (Wildman–Crippen LogP) is 3.70. The molecular formula is C23H24N4O6S. The highest BCUT2D eigenvalue weighted by Crippen LogP contribution is 2.35. The summed E-state index contributed by atoms with van der Waals surface area (Å²) in [6, 6.07) is 12.2. The van der Waals surface area contributed by atoms with Crippen molar-refractivity contribution in [2.45, 2.75) is 17.7 Å². The van der Waals surface area contributed by atoms with E-state index in [4.69, 9.17) is 9.29 Å². The maximum atomic E-state index is 11.2. The van der Waals surface area contributed by atoms with Gasteiger partial charge in [0.2, 0.25) is 0 Å². The second-order valence-corrected chi connectivity index (χ2v) is 9.29. The number of non-ortho nitro benzene ring substituents is 1. The van der Waals surface area contributed by atoms with Crippen LogP contribution in [0, 0.1) is 10.1 Å². The van der Waals surface area contributed by atoms with Crippen molar-refractivity contribution in [3.8, 4) is 0 Å². The van der Waals surface area contributed by atoms with Gasteiger partial charge in [0.15, 0.2) is 0 Å². The fourth-order valence-corrected chi connectivity index (χ4v) is 4.47. The smallest absolute Gasteiger partial charge is 0.294 e. The zero-order chi connectivity index (χ0) is 24.1. The number of benzene rings is 2. The van der Waals surface area contributed by atoms with E-state index in [1.807, 2.05) is 12.1 Å². The Morgan fingerprint density at radius 1 is 1.12 bits per heavy atom. The van der Waals surface area contributed by atoms with E-state index < -0.39 is 15.0 Å². The van der Waals surface area contributed by atoms with Crippen LogP contribution in [0.4, 0.5) is 11.4 Å². The van der Waals surface area contributed by atoms with E-state index in [1.165, 1.54) is 30.3 Å². The normalized spacial score (nSPS) is 18.1. The molecule has 2 N–H and O–H groups in total. The second-order valence-electron chi connectivity index (χ2n) is 7.86. The summed E-state index contributed by atoms with van der Waals surface area (Å²) in [5, 5.41) is 15.5. The minimum Gasteiger partial charge on any atom is -0.378 e. The van der Waals surface area contributed by atoms with Gasteiger partial charge in [-0.2, -0.15) is 13.5 Å². The Labute approximate surface area is 197 Å². The van der Waals surface area contributed by atoms with Crippen LogP contribution in [0.15, 0.2) is 75.4 Å². The number of nitrogens with zero attached hydrogens (tertiary/aromatic N) is 3. The number of nitrogens with one attached hydrogen (secondary N) is 1. The van der Waals surface area contributed by atoms with Crippen molar-refractivity contribution in [3.05, 3.63) is 81.1 Å². The summed E-state index contributed by atoms with van der Waals surface area (Å²) < 4.78 is 36.9. The van der Waals surface area contributed by atoms with Crippen molar-refractivity contribution >= 4 is 33.8 Å². The molecule has 0 aromatic heterocycles. The lowest BCUT2D eigenvalue weighted by molar-refractivity contribution is -0.384. The highest BCUT2D eigenvalue weighted by Gasteiger charge is 2.25. The zero-order valence-electron chi connectivity index (χ0n) is 18.3. The summed E-state index contributed by atoms with van der Waals surface area (Å²) in [6.45, 7) is 2.72. The molecule has 2 aromatic carbocycles. The summed E-state index contributed by atoms with van der Waals surface area (Å²) in [6.07, 6.45) is 5.27. The number of hydrogen-bond acceptors (Lipinski definition) is 8. The number of hydrazone groups is 1. The van der Waals surface area contributed by atoms with Gasteiger partial charge >= 0.3 is 0 Å². The first-order valence-electron chi connectivity index (χ1n) is 10.7. The number of ether oxygens (including phenoxy) is 1. The van der Waals surface area contributed by atoms with E-state index in [-0.39, 0.29) is 10.6 Å². The van der Waals surface area contributed by atoms with E-state index in [0.717, 1.165) is 48.3 Å². The molecule has 0 radical (unpaired) electrons. The molecule has 0 bridgehead atoms. The maximum absolute atomic E-state index is 11.2. The topological polar surface area (TPSA) is 134 Å². The van der Waals surface area contributed by atoms with E-state index in [9.17, 15) is 18.5 Å². The van der Waals surface area contributed by atoms with Crippen molar-refractivity contribution in [2.75, 3.05) is 31.7 Å².